The van der Waals surface area contributed by atoms with Crippen molar-refractivity contribution >= 4 is 5.97 Å². The van der Waals surface area contributed by atoms with Gasteiger partial charge in [0.05, 0.1) is 5.60 Å². The highest BCUT2D eigenvalue weighted by atomic mass is 16.4. The van der Waals surface area contributed by atoms with E-state index in [-0.39, 0.29) is 6.42 Å². The first-order valence-electron chi connectivity index (χ1n) is 3.98. The lowest BCUT2D eigenvalue weighted by Crippen LogP contribution is -2.27. The fourth-order valence-electron chi connectivity index (χ4n) is 0.943. The Morgan fingerprint density at radius 3 is 2.09 bits per heavy atom. The molecule has 0 aromatic heterocycles. The summed E-state index contributed by atoms with van der Waals surface area (Å²) in [5.41, 5.74) is -0.765. The van der Waals surface area contributed by atoms with Gasteiger partial charge < -0.3 is 10.2 Å². The minimum absolute atomic E-state index is 0.0537. The maximum absolute atomic E-state index is 10.2. The number of aliphatic carboxylic acids is 1. The lowest BCUT2D eigenvalue weighted by Gasteiger charge is -2.23. The molecule has 0 saturated heterocycles. The highest BCUT2D eigenvalue weighted by Crippen LogP contribution is 2.20. The summed E-state index contributed by atoms with van der Waals surface area (Å²) in [6.07, 6.45) is 1.65. The molecule has 0 aromatic rings. The molecule has 0 radical (unpaired) electrons. The van der Waals surface area contributed by atoms with Crippen LogP contribution >= 0.6 is 0 Å². The summed E-state index contributed by atoms with van der Waals surface area (Å²) in [6, 6.07) is 0. The fourth-order valence-corrected chi connectivity index (χ4v) is 0.943. The van der Waals surface area contributed by atoms with Crippen LogP contribution in [0.15, 0.2) is 0 Å². The van der Waals surface area contributed by atoms with Crippen LogP contribution in [0.2, 0.25) is 0 Å². The second kappa shape index (κ2) is 4.34. The summed E-state index contributed by atoms with van der Waals surface area (Å²) in [5, 5.41) is 18.0. The Balaban J connectivity index is 3.78. The molecular formula is C8H16O3. The van der Waals surface area contributed by atoms with Crippen LogP contribution in [0.4, 0.5) is 0 Å². The molecule has 0 aliphatic carbocycles. The van der Waals surface area contributed by atoms with Crippen LogP contribution in [0.1, 0.15) is 39.5 Å². The second-order valence-corrected chi connectivity index (χ2v) is 2.83. The highest BCUT2D eigenvalue weighted by Gasteiger charge is 2.22. The van der Waals surface area contributed by atoms with Crippen molar-refractivity contribution in [3.63, 3.8) is 0 Å². The van der Waals surface area contributed by atoms with Gasteiger partial charge in [-0.25, -0.2) is 0 Å². The van der Waals surface area contributed by atoms with E-state index >= 15 is 0 Å². The third kappa shape index (κ3) is 3.98. The lowest BCUT2D eigenvalue weighted by molar-refractivity contribution is -0.138. The van der Waals surface area contributed by atoms with Crippen molar-refractivity contribution in [2.45, 2.75) is 45.1 Å². The Kier molecular flexibility index (Phi) is 4.11. The van der Waals surface area contributed by atoms with Crippen molar-refractivity contribution in [3.8, 4) is 0 Å². The van der Waals surface area contributed by atoms with Gasteiger partial charge in [0, 0.05) is 6.42 Å². The van der Waals surface area contributed by atoms with Crippen LogP contribution < -0.4 is 0 Å². The van der Waals surface area contributed by atoms with E-state index in [9.17, 15) is 9.90 Å². The van der Waals surface area contributed by atoms with Crippen molar-refractivity contribution in [2.75, 3.05) is 0 Å². The Labute approximate surface area is 67.0 Å². The summed E-state index contributed by atoms with van der Waals surface area (Å²) in [5.74, 6) is -0.842. The number of hydrogen-bond acceptors (Lipinski definition) is 2. The second-order valence-electron chi connectivity index (χ2n) is 2.83. The van der Waals surface area contributed by atoms with Crippen LogP contribution in [-0.2, 0) is 4.79 Å². The van der Waals surface area contributed by atoms with E-state index in [2.05, 4.69) is 0 Å². The molecule has 0 saturated carbocycles. The quantitative estimate of drug-likeness (QED) is 0.639. The Morgan fingerprint density at radius 1 is 1.36 bits per heavy atom. The number of carbonyl (C=O) groups is 1. The average molecular weight is 160 g/mol. The van der Waals surface area contributed by atoms with Gasteiger partial charge >= 0.3 is 5.97 Å². The van der Waals surface area contributed by atoms with Gasteiger partial charge in [0.15, 0.2) is 0 Å². The molecule has 0 heterocycles. The Bertz CT molecular complexity index is 127. The molecule has 0 aromatic carbocycles. The van der Waals surface area contributed by atoms with Crippen molar-refractivity contribution in [1.82, 2.24) is 0 Å². The van der Waals surface area contributed by atoms with Gasteiger partial charge in [0.25, 0.3) is 0 Å². The summed E-state index contributed by atoms with van der Waals surface area (Å²) >= 11 is 0. The molecule has 0 spiro atoms. The zero-order chi connectivity index (χ0) is 8.91. The van der Waals surface area contributed by atoms with Gasteiger partial charge in [-0.05, 0) is 19.3 Å². The van der Waals surface area contributed by atoms with Crippen LogP contribution in [0.5, 0.6) is 0 Å². The monoisotopic (exact) mass is 160 g/mol. The van der Waals surface area contributed by atoms with E-state index in [1.54, 1.807) is 0 Å². The molecule has 0 fully saturated rings. The molecule has 0 unspecified atom stereocenters. The van der Waals surface area contributed by atoms with Gasteiger partial charge in [-0.2, -0.15) is 0 Å². The van der Waals surface area contributed by atoms with E-state index in [0.717, 1.165) is 0 Å². The van der Waals surface area contributed by atoms with Gasteiger partial charge in [-0.1, -0.05) is 13.8 Å². The smallest absolute Gasteiger partial charge is 0.303 e. The Morgan fingerprint density at radius 2 is 1.82 bits per heavy atom. The van der Waals surface area contributed by atoms with Gasteiger partial charge in [0.2, 0.25) is 0 Å². The van der Waals surface area contributed by atoms with Gasteiger partial charge in [-0.15, -0.1) is 0 Å². The highest BCUT2D eigenvalue weighted by molar-refractivity contribution is 5.66. The van der Waals surface area contributed by atoms with Crippen LogP contribution in [0.25, 0.3) is 0 Å². The predicted molar refractivity (Wildman–Crippen MR) is 42.4 cm³/mol. The lowest BCUT2D eigenvalue weighted by atomic mass is 9.92. The maximum atomic E-state index is 10.2. The SMILES string of the molecule is CCC(O)(CC)CCC(=O)O. The molecule has 3 nitrogen and oxygen atoms in total. The molecule has 0 aliphatic heterocycles. The topological polar surface area (TPSA) is 57.5 Å². The van der Waals surface area contributed by atoms with Crippen molar-refractivity contribution in [2.24, 2.45) is 0 Å². The molecule has 0 rings (SSSR count). The summed E-state index contributed by atoms with van der Waals surface area (Å²) in [7, 11) is 0. The van der Waals surface area contributed by atoms with E-state index in [1.807, 2.05) is 13.8 Å². The molecule has 0 aliphatic rings. The zero-order valence-electron chi connectivity index (χ0n) is 7.13. The van der Waals surface area contributed by atoms with Crippen LogP contribution in [0, 0.1) is 0 Å². The average Bonchev–Trinajstić information content (AvgIpc) is 2.00. The molecule has 0 bridgehead atoms. The van der Waals surface area contributed by atoms with E-state index in [4.69, 9.17) is 5.11 Å². The predicted octanol–water partition coefficient (Wildman–Crippen LogP) is 1.40. The zero-order valence-corrected chi connectivity index (χ0v) is 7.13. The number of hydrogen-bond donors (Lipinski definition) is 2. The molecule has 0 atom stereocenters. The largest absolute Gasteiger partial charge is 0.481 e. The third-order valence-electron chi connectivity index (χ3n) is 2.12. The molecule has 66 valence electrons. The summed E-state index contributed by atoms with van der Waals surface area (Å²) in [6.45, 7) is 3.73. The van der Waals surface area contributed by atoms with E-state index < -0.39 is 11.6 Å². The van der Waals surface area contributed by atoms with Crippen molar-refractivity contribution in [3.05, 3.63) is 0 Å². The molecule has 0 amide bonds. The van der Waals surface area contributed by atoms with Crippen molar-refractivity contribution in [1.29, 1.82) is 0 Å². The van der Waals surface area contributed by atoms with Crippen LogP contribution in [-0.4, -0.2) is 21.8 Å². The van der Waals surface area contributed by atoms with Gasteiger partial charge in [-0.3, -0.25) is 4.79 Å². The number of carboxylic acid groups (broad SMARTS) is 1. The molecule has 3 heteroatoms. The Hall–Kier alpha value is -0.570. The summed E-state index contributed by atoms with van der Waals surface area (Å²) in [4.78, 5) is 10.2. The standard InChI is InChI=1S/C8H16O3/c1-3-8(11,4-2)6-5-7(9)10/h11H,3-6H2,1-2H3,(H,9,10). The van der Waals surface area contributed by atoms with Crippen LogP contribution in [0.3, 0.4) is 0 Å². The number of aliphatic hydroxyl groups is 1. The first kappa shape index (κ1) is 10.4. The normalized spacial score (nSPS) is 11.5. The molecule has 11 heavy (non-hydrogen) atoms. The first-order chi connectivity index (χ1) is 5.04. The van der Waals surface area contributed by atoms with Gasteiger partial charge in [0.1, 0.15) is 0 Å². The number of rotatable bonds is 5. The fraction of sp³-hybridized carbons (Fsp3) is 0.875. The summed E-state index contributed by atoms with van der Waals surface area (Å²) < 4.78 is 0. The third-order valence-corrected chi connectivity index (χ3v) is 2.12. The number of carboxylic acids is 1. The van der Waals surface area contributed by atoms with E-state index in [0.29, 0.717) is 19.3 Å². The minimum Gasteiger partial charge on any atom is -0.481 e. The first-order valence-corrected chi connectivity index (χ1v) is 3.98. The van der Waals surface area contributed by atoms with E-state index in [1.165, 1.54) is 0 Å². The maximum Gasteiger partial charge on any atom is 0.303 e. The molecule has 2 N–H and O–H groups in total. The minimum atomic E-state index is -0.842. The van der Waals surface area contributed by atoms with Crippen molar-refractivity contribution < 1.29 is 15.0 Å². The molecular weight excluding hydrogens is 144 g/mol.